The highest BCUT2D eigenvalue weighted by atomic mass is 16.6. The molecule has 1 aromatic heterocycles. The minimum absolute atomic E-state index is 0.0448. The van der Waals surface area contributed by atoms with Gasteiger partial charge < -0.3 is 14.8 Å². The third-order valence-corrected chi connectivity index (χ3v) is 3.43. The quantitative estimate of drug-likeness (QED) is 0.472. The first-order chi connectivity index (χ1) is 10.2. The van der Waals surface area contributed by atoms with Gasteiger partial charge in [0.05, 0.1) is 11.0 Å². The molecule has 0 amide bonds. The average molecular weight is 295 g/mol. The zero-order valence-corrected chi connectivity index (χ0v) is 12.2. The van der Waals surface area contributed by atoms with Gasteiger partial charge in [0.1, 0.15) is 12.0 Å². The van der Waals surface area contributed by atoms with Crippen LogP contribution in [0.5, 0.6) is 0 Å². The maximum Gasteiger partial charge on any atom is 0.290 e. The van der Waals surface area contributed by atoms with Gasteiger partial charge in [0.25, 0.3) is 5.69 Å². The molecule has 1 N–H and O–H groups in total. The molecule has 1 saturated heterocycles. The van der Waals surface area contributed by atoms with E-state index in [9.17, 15) is 10.1 Å². The van der Waals surface area contributed by atoms with Crippen LogP contribution in [0, 0.1) is 17.0 Å². The first-order valence-electron chi connectivity index (χ1n) is 7.21. The Bertz CT molecular complexity index is 475. The highest BCUT2D eigenvalue weighted by Crippen LogP contribution is 2.18. The lowest BCUT2D eigenvalue weighted by Crippen LogP contribution is -2.24. The zero-order chi connectivity index (χ0) is 15.1. The molecule has 21 heavy (non-hydrogen) atoms. The molecule has 0 aliphatic carbocycles. The van der Waals surface area contributed by atoms with Gasteiger partial charge in [-0.2, -0.15) is 0 Å². The molecule has 0 radical (unpaired) electrons. The topological polar surface area (TPSA) is 86.5 Å². The fourth-order valence-corrected chi connectivity index (χ4v) is 2.22. The number of nitro groups is 1. The summed E-state index contributed by atoms with van der Waals surface area (Å²) in [5, 5.41) is 13.9. The van der Waals surface area contributed by atoms with Crippen LogP contribution in [0.1, 0.15) is 24.8 Å². The van der Waals surface area contributed by atoms with Crippen LogP contribution >= 0.6 is 0 Å². The number of ether oxygens (including phenoxy) is 2. The fourth-order valence-electron chi connectivity index (χ4n) is 2.22. The van der Waals surface area contributed by atoms with Crippen molar-refractivity contribution in [2.24, 2.45) is 0 Å². The summed E-state index contributed by atoms with van der Waals surface area (Å²) >= 11 is 0. The molecule has 116 valence electrons. The van der Waals surface area contributed by atoms with Crippen molar-refractivity contribution >= 4 is 11.5 Å². The van der Waals surface area contributed by atoms with Crippen LogP contribution in [0.4, 0.5) is 11.5 Å². The van der Waals surface area contributed by atoms with Gasteiger partial charge in [0.2, 0.25) is 0 Å². The van der Waals surface area contributed by atoms with Crippen molar-refractivity contribution in [3.63, 3.8) is 0 Å². The standard InChI is InChI=1S/C14H21N3O4/c1-11-9-14(16-10-13(11)17(18)19)15-5-2-6-21-12-3-7-20-8-4-12/h9-10,12H,2-8H2,1H3,(H,15,16). The highest BCUT2D eigenvalue weighted by molar-refractivity contribution is 5.46. The molecule has 2 rings (SSSR count). The van der Waals surface area contributed by atoms with Crippen molar-refractivity contribution in [2.45, 2.75) is 32.3 Å². The van der Waals surface area contributed by atoms with Gasteiger partial charge in [-0.05, 0) is 32.3 Å². The molecule has 1 fully saturated rings. The molecule has 7 nitrogen and oxygen atoms in total. The van der Waals surface area contributed by atoms with Crippen LogP contribution < -0.4 is 5.32 Å². The van der Waals surface area contributed by atoms with Gasteiger partial charge in [0, 0.05) is 31.9 Å². The highest BCUT2D eigenvalue weighted by Gasteiger charge is 2.13. The van der Waals surface area contributed by atoms with Crippen molar-refractivity contribution < 1.29 is 14.4 Å². The average Bonchev–Trinajstić information content (AvgIpc) is 2.47. The number of hydrogen-bond acceptors (Lipinski definition) is 6. The molecule has 0 aromatic carbocycles. The number of rotatable bonds is 7. The number of aryl methyl sites for hydroxylation is 1. The number of hydrogen-bond donors (Lipinski definition) is 1. The summed E-state index contributed by atoms with van der Waals surface area (Å²) in [5.41, 5.74) is 0.652. The number of nitrogens with one attached hydrogen (secondary N) is 1. The van der Waals surface area contributed by atoms with Gasteiger partial charge in [-0.15, -0.1) is 0 Å². The lowest BCUT2D eigenvalue weighted by Gasteiger charge is -2.22. The Labute approximate surface area is 123 Å². The minimum atomic E-state index is -0.423. The SMILES string of the molecule is Cc1cc(NCCCOC2CCOCC2)ncc1[N+](=O)[O-]. The Hall–Kier alpha value is -1.73. The van der Waals surface area contributed by atoms with E-state index in [0.717, 1.165) is 39.0 Å². The molecule has 0 spiro atoms. The molecular weight excluding hydrogens is 274 g/mol. The van der Waals surface area contributed by atoms with Crippen LogP contribution in [0.25, 0.3) is 0 Å². The van der Waals surface area contributed by atoms with Crippen molar-refractivity contribution in [1.82, 2.24) is 4.98 Å². The van der Waals surface area contributed by atoms with Gasteiger partial charge in [-0.3, -0.25) is 10.1 Å². The normalized spacial score (nSPS) is 15.9. The van der Waals surface area contributed by atoms with Crippen LogP contribution in [0.15, 0.2) is 12.3 Å². The van der Waals surface area contributed by atoms with E-state index in [1.807, 2.05) is 0 Å². The number of aromatic nitrogens is 1. The predicted molar refractivity (Wildman–Crippen MR) is 78.5 cm³/mol. The maximum absolute atomic E-state index is 10.7. The summed E-state index contributed by atoms with van der Waals surface area (Å²) in [6.07, 6.45) is 4.41. The molecule has 2 heterocycles. The molecule has 0 atom stereocenters. The van der Waals surface area contributed by atoms with Gasteiger partial charge in [0.15, 0.2) is 0 Å². The zero-order valence-electron chi connectivity index (χ0n) is 12.2. The third kappa shape index (κ3) is 4.95. The lowest BCUT2D eigenvalue weighted by atomic mass is 10.1. The molecule has 0 saturated carbocycles. The largest absolute Gasteiger partial charge is 0.381 e. The Kier molecular flexibility index (Phi) is 5.89. The maximum atomic E-state index is 10.7. The van der Waals surface area contributed by atoms with E-state index in [0.29, 0.717) is 24.1 Å². The second kappa shape index (κ2) is 7.90. The van der Waals surface area contributed by atoms with E-state index >= 15 is 0 Å². The summed E-state index contributed by atoms with van der Waals surface area (Å²) in [7, 11) is 0. The molecule has 1 aliphatic rings. The Morgan fingerprint density at radius 1 is 1.52 bits per heavy atom. The van der Waals surface area contributed by atoms with Crippen molar-refractivity contribution in [2.75, 3.05) is 31.7 Å². The summed E-state index contributed by atoms with van der Waals surface area (Å²) in [6.45, 7) is 4.71. The number of pyridine rings is 1. The van der Waals surface area contributed by atoms with E-state index in [1.54, 1.807) is 13.0 Å². The first kappa shape index (κ1) is 15.7. The van der Waals surface area contributed by atoms with E-state index in [1.165, 1.54) is 6.20 Å². The van der Waals surface area contributed by atoms with Gasteiger partial charge >= 0.3 is 0 Å². The summed E-state index contributed by atoms with van der Waals surface area (Å²) in [6, 6.07) is 1.69. The summed E-state index contributed by atoms with van der Waals surface area (Å²) in [4.78, 5) is 14.3. The minimum Gasteiger partial charge on any atom is -0.381 e. The van der Waals surface area contributed by atoms with Gasteiger partial charge in [-0.1, -0.05) is 0 Å². The van der Waals surface area contributed by atoms with Crippen LogP contribution in [-0.4, -0.2) is 42.4 Å². The summed E-state index contributed by atoms with van der Waals surface area (Å²) in [5.74, 6) is 0.657. The van der Waals surface area contributed by atoms with Crippen molar-refractivity contribution in [3.05, 3.63) is 27.9 Å². The molecular formula is C14H21N3O4. The second-order valence-corrected chi connectivity index (χ2v) is 5.08. The fraction of sp³-hybridized carbons (Fsp3) is 0.643. The second-order valence-electron chi connectivity index (χ2n) is 5.08. The van der Waals surface area contributed by atoms with Gasteiger partial charge in [-0.25, -0.2) is 4.98 Å². The van der Waals surface area contributed by atoms with E-state index in [2.05, 4.69) is 10.3 Å². The van der Waals surface area contributed by atoms with E-state index in [-0.39, 0.29) is 5.69 Å². The lowest BCUT2D eigenvalue weighted by molar-refractivity contribution is -0.385. The van der Waals surface area contributed by atoms with Crippen molar-refractivity contribution in [3.8, 4) is 0 Å². The van der Waals surface area contributed by atoms with Crippen LogP contribution in [0.2, 0.25) is 0 Å². The smallest absolute Gasteiger partial charge is 0.290 e. The monoisotopic (exact) mass is 295 g/mol. The number of anilines is 1. The van der Waals surface area contributed by atoms with Crippen LogP contribution in [-0.2, 0) is 9.47 Å². The Balaban J connectivity index is 1.66. The van der Waals surface area contributed by atoms with Crippen LogP contribution in [0.3, 0.4) is 0 Å². The summed E-state index contributed by atoms with van der Waals surface area (Å²) < 4.78 is 11.0. The van der Waals surface area contributed by atoms with E-state index < -0.39 is 4.92 Å². The van der Waals surface area contributed by atoms with Crippen molar-refractivity contribution in [1.29, 1.82) is 0 Å². The number of nitrogens with zero attached hydrogens (tertiary/aromatic N) is 2. The first-order valence-corrected chi connectivity index (χ1v) is 7.21. The molecule has 0 unspecified atom stereocenters. The molecule has 0 bridgehead atoms. The Morgan fingerprint density at radius 3 is 2.95 bits per heavy atom. The third-order valence-electron chi connectivity index (χ3n) is 3.43. The predicted octanol–water partition coefficient (Wildman–Crippen LogP) is 2.30. The Morgan fingerprint density at radius 2 is 2.29 bits per heavy atom. The molecule has 7 heteroatoms. The molecule has 1 aliphatic heterocycles. The van der Waals surface area contributed by atoms with E-state index in [4.69, 9.17) is 9.47 Å². The molecule has 1 aromatic rings.